The summed E-state index contributed by atoms with van der Waals surface area (Å²) in [5.74, 6) is -1.36. The molecule has 0 aliphatic rings. The van der Waals surface area contributed by atoms with Gasteiger partial charge in [0.05, 0.1) is 11.3 Å². The molecular weight excluding hydrogens is 305 g/mol. The molecule has 0 amide bonds. The molecule has 1 heterocycles. The third-order valence-corrected chi connectivity index (χ3v) is 3.66. The highest BCUT2D eigenvalue weighted by Gasteiger charge is 2.35. The predicted molar refractivity (Wildman–Crippen MR) is 72.4 cm³/mol. The van der Waals surface area contributed by atoms with E-state index >= 15 is 0 Å². The molecule has 112 valence electrons. The van der Waals surface area contributed by atoms with Gasteiger partial charge in [0.1, 0.15) is 0 Å². The lowest BCUT2D eigenvalue weighted by Gasteiger charge is -2.13. The first-order chi connectivity index (χ1) is 9.77. The average Bonchev–Trinajstić information content (AvgIpc) is 2.75. The monoisotopic (exact) mass is 316 g/mol. The first-order valence-corrected chi connectivity index (χ1v) is 7.00. The summed E-state index contributed by atoms with van der Waals surface area (Å²) in [4.78, 5) is 15.2. The van der Waals surface area contributed by atoms with E-state index in [2.05, 4.69) is 4.98 Å². The fraction of sp³-hybridized carbons (Fsp3) is 0.231. The number of halogens is 3. The van der Waals surface area contributed by atoms with Gasteiger partial charge in [0, 0.05) is 12.6 Å². The van der Waals surface area contributed by atoms with Crippen molar-refractivity contribution in [2.45, 2.75) is 11.3 Å². The van der Waals surface area contributed by atoms with Crippen molar-refractivity contribution in [3.63, 3.8) is 0 Å². The van der Waals surface area contributed by atoms with Crippen molar-refractivity contribution in [2.24, 2.45) is 7.05 Å². The van der Waals surface area contributed by atoms with Gasteiger partial charge in [-0.2, -0.15) is 13.2 Å². The summed E-state index contributed by atoms with van der Waals surface area (Å²) in [5, 5.41) is 9.52. The molecule has 2 rings (SSSR count). The highest BCUT2D eigenvalue weighted by atomic mass is 32.2. The van der Waals surface area contributed by atoms with Crippen LogP contribution in [0, 0.1) is 0 Å². The van der Waals surface area contributed by atoms with Crippen molar-refractivity contribution < 1.29 is 23.1 Å². The minimum Gasteiger partial charge on any atom is -0.476 e. The summed E-state index contributed by atoms with van der Waals surface area (Å²) < 4.78 is 40.7. The van der Waals surface area contributed by atoms with Crippen molar-refractivity contribution in [2.75, 3.05) is 6.26 Å². The molecule has 8 heteroatoms. The molecule has 0 saturated carbocycles. The van der Waals surface area contributed by atoms with Crippen LogP contribution in [-0.2, 0) is 13.2 Å². The summed E-state index contributed by atoms with van der Waals surface area (Å²) in [7, 11) is 1.49. The molecule has 21 heavy (non-hydrogen) atoms. The molecule has 0 aliphatic heterocycles. The lowest BCUT2D eigenvalue weighted by molar-refractivity contribution is -0.137. The molecule has 4 nitrogen and oxygen atoms in total. The number of alkyl halides is 3. The summed E-state index contributed by atoms with van der Waals surface area (Å²) in [5.41, 5.74) is -1.53. The Labute approximate surface area is 122 Å². The molecule has 0 saturated heterocycles. The first kappa shape index (κ1) is 15.4. The minimum absolute atomic E-state index is 0.0558. The Hall–Kier alpha value is -1.96. The van der Waals surface area contributed by atoms with E-state index in [0.29, 0.717) is 5.16 Å². The van der Waals surface area contributed by atoms with Gasteiger partial charge >= 0.3 is 12.1 Å². The van der Waals surface area contributed by atoms with Gasteiger partial charge in [0.2, 0.25) is 0 Å². The lowest BCUT2D eigenvalue weighted by Crippen LogP contribution is -2.10. The number of carbonyl (C=O) groups is 1. The van der Waals surface area contributed by atoms with Crippen molar-refractivity contribution in [1.82, 2.24) is 9.55 Å². The van der Waals surface area contributed by atoms with E-state index in [-0.39, 0.29) is 11.3 Å². The molecule has 1 N–H and O–H groups in total. The van der Waals surface area contributed by atoms with Gasteiger partial charge in [-0.3, -0.25) is 0 Å². The van der Waals surface area contributed by atoms with E-state index in [1.807, 2.05) is 0 Å². The maximum Gasteiger partial charge on any atom is 0.417 e. The zero-order chi connectivity index (χ0) is 15.8. The predicted octanol–water partition coefficient (Wildman–Crippen LogP) is 3.53. The molecule has 0 bridgehead atoms. The van der Waals surface area contributed by atoms with Crippen LogP contribution in [0.5, 0.6) is 0 Å². The number of aromatic carboxylic acids is 1. The summed E-state index contributed by atoms with van der Waals surface area (Å²) in [6.45, 7) is 0. The second-order valence-electron chi connectivity index (χ2n) is 4.20. The Morgan fingerprint density at radius 3 is 2.48 bits per heavy atom. The quantitative estimate of drug-likeness (QED) is 0.880. The molecule has 0 radical (unpaired) electrons. The molecule has 0 unspecified atom stereocenters. The molecular formula is C13H11F3N2O2S. The maximum absolute atomic E-state index is 13.1. The molecule has 0 fully saturated rings. The van der Waals surface area contributed by atoms with E-state index in [0.717, 1.165) is 17.8 Å². The van der Waals surface area contributed by atoms with Crippen molar-refractivity contribution >= 4 is 17.7 Å². The van der Waals surface area contributed by atoms with E-state index < -0.39 is 23.4 Å². The van der Waals surface area contributed by atoms with Gasteiger partial charge < -0.3 is 9.67 Å². The smallest absolute Gasteiger partial charge is 0.417 e. The van der Waals surface area contributed by atoms with Gasteiger partial charge in [0.25, 0.3) is 0 Å². The maximum atomic E-state index is 13.1. The number of thioether (sulfide) groups is 1. The minimum atomic E-state index is -4.57. The van der Waals surface area contributed by atoms with Crippen LogP contribution >= 0.6 is 11.8 Å². The summed E-state index contributed by atoms with van der Waals surface area (Å²) in [6.07, 6.45) is -2.90. The van der Waals surface area contributed by atoms with Gasteiger partial charge in [-0.1, -0.05) is 30.0 Å². The van der Waals surface area contributed by atoms with Crippen LogP contribution < -0.4 is 0 Å². The van der Waals surface area contributed by atoms with E-state index in [1.165, 1.54) is 29.8 Å². The first-order valence-electron chi connectivity index (χ1n) is 5.78. The average molecular weight is 316 g/mol. The Morgan fingerprint density at radius 2 is 1.95 bits per heavy atom. The van der Waals surface area contributed by atoms with Gasteiger partial charge in [-0.25, -0.2) is 9.78 Å². The number of nitrogens with zero attached hydrogens (tertiary/aromatic N) is 2. The zero-order valence-corrected chi connectivity index (χ0v) is 11.9. The molecule has 1 aromatic carbocycles. The summed E-state index contributed by atoms with van der Waals surface area (Å²) in [6, 6.07) is 4.86. The van der Waals surface area contributed by atoms with Gasteiger partial charge in [0.15, 0.2) is 10.9 Å². The number of aromatic nitrogens is 2. The van der Waals surface area contributed by atoms with Crippen molar-refractivity contribution in [1.29, 1.82) is 0 Å². The van der Waals surface area contributed by atoms with E-state index in [1.54, 1.807) is 6.26 Å². The second-order valence-corrected chi connectivity index (χ2v) is 4.98. The summed E-state index contributed by atoms with van der Waals surface area (Å²) >= 11 is 1.16. The van der Waals surface area contributed by atoms with E-state index in [9.17, 15) is 23.1 Å². The number of hydrogen-bond donors (Lipinski definition) is 1. The van der Waals surface area contributed by atoms with Gasteiger partial charge in [-0.15, -0.1) is 0 Å². The van der Waals surface area contributed by atoms with Crippen LogP contribution in [0.2, 0.25) is 0 Å². The number of carboxylic acid groups (broad SMARTS) is 1. The third-order valence-electron chi connectivity index (χ3n) is 2.93. The van der Waals surface area contributed by atoms with Crippen LogP contribution in [-0.4, -0.2) is 26.9 Å². The molecule has 2 aromatic rings. The fourth-order valence-corrected chi connectivity index (χ4v) is 2.60. The standard InChI is InChI=1S/C13H11F3N2O2S/c1-18-10(9(11(19)20)17-12(18)21-2)7-5-3-4-6-8(7)13(14,15)16/h3-6H,1-2H3,(H,19,20). The van der Waals surface area contributed by atoms with Crippen molar-refractivity contribution in [3.05, 3.63) is 35.5 Å². The highest BCUT2D eigenvalue weighted by molar-refractivity contribution is 7.98. The third kappa shape index (κ3) is 2.76. The lowest BCUT2D eigenvalue weighted by atomic mass is 10.0. The van der Waals surface area contributed by atoms with Gasteiger partial charge in [-0.05, 0) is 12.3 Å². The molecule has 0 spiro atoms. The fourth-order valence-electron chi connectivity index (χ4n) is 2.05. The van der Waals surface area contributed by atoms with Crippen LogP contribution in [0.1, 0.15) is 16.1 Å². The topological polar surface area (TPSA) is 55.1 Å². The van der Waals surface area contributed by atoms with Crippen LogP contribution in [0.25, 0.3) is 11.3 Å². The number of hydrogen-bond acceptors (Lipinski definition) is 3. The highest BCUT2D eigenvalue weighted by Crippen LogP contribution is 2.38. The number of benzene rings is 1. The van der Waals surface area contributed by atoms with Crippen LogP contribution in [0.4, 0.5) is 13.2 Å². The van der Waals surface area contributed by atoms with E-state index in [4.69, 9.17) is 0 Å². The second kappa shape index (κ2) is 5.44. The zero-order valence-electron chi connectivity index (χ0n) is 11.1. The molecule has 0 atom stereocenters. The molecule has 0 aliphatic carbocycles. The molecule has 1 aromatic heterocycles. The van der Waals surface area contributed by atoms with Crippen LogP contribution in [0.15, 0.2) is 29.4 Å². The SMILES string of the molecule is CSc1nc(C(=O)O)c(-c2ccccc2C(F)(F)F)n1C. The largest absolute Gasteiger partial charge is 0.476 e. The Morgan fingerprint density at radius 1 is 1.33 bits per heavy atom. The number of imidazole rings is 1. The Kier molecular flexibility index (Phi) is 3.99. The number of rotatable bonds is 3. The Bertz CT molecular complexity index is 695. The van der Waals surface area contributed by atoms with Crippen LogP contribution in [0.3, 0.4) is 0 Å². The van der Waals surface area contributed by atoms with Crippen molar-refractivity contribution in [3.8, 4) is 11.3 Å². The number of carboxylic acids is 1. The Balaban J connectivity index is 2.79. The normalized spacial score (nSPS) is 11.7.